The summed E-state index contributed by atoms with van der Waals surface area (Å²) in [7, 11) is 0. The molecule has 1 atom stereocenters. The Morgan fingerprint density at radius 3 is 2.47 bits per heavy atom. The van der Waals surface area contributed by atoms with Crippen molar-refractivity contribution in [1.29, 1.82) is 0 Å². The maximum Gasteiger partial charge on any atom is 0.303 e. The van der Waals surface area contributed by atoms with Crippen LogP contribution in [0.4, 0.5) is 0 Å². The number of carbonyl (C=O) groups is 2. The Morgan fingerprint density at radius 1 is 1.00 bits per heavy atom. The summed E-state index contributed by atoms with van der Waals surface area (Å²) in [5.41, 5.74) is 4.19. The summed E-state index contributed by atoms with van der Waals surface area (Å²) in [6.45, 7) is 4.32. The highest BCUT2D eigenvalue weighted by molar-refractivity contribution is 6.36. The van der Waals surface area contributed by atoms with Crippen molar-refractivity contribution in [2.75, 3.05) is 0 Å². The summed E-state index contributed by atoms with van der Waals surface area (Å²) in [6.07, 6.45) is 4.86. The number of fused-ring (bicyclic) bond motifs is 1. The minimum absolute atomic E-state index is 0.0292. The first-order valence-corrected chi connectivity index (χ1v) is 12.6. The van der Waals surface area contributed by atoms with E-state index in [4.69, 9.17) is 33.4 Å². The highest BCUT2D eigenvalue weighted by Gasteiger charge is 2.20. The molecule has 8 heteroatoms. The van der Waals surface area contributed by atoms with Crippen LogP contribution in [0.5, 0.6) is 0 Å². The quantitative estimate of drug-likeness (QED) is 0.218. The Morgan fingerprint density at radius 2 is 1.81 bits per heavy atom. The molecule has 36 heavy (non-hydrogen) atoms. The average molecular weight is 524 g/mol. The van der Waals surface area contributed by atoms with Gasteiger partial charge in [0.2, 0.25) is 0 Å². The van der Waals surface area contributed by atoms with Crippen LogP contribution < -0.4 is 0 Å². The van der Waals surface area contributed by atoms with E-state index in [1.165, 1.54) is 0 Å². The van der Waals surface area contributed by atoms with Crippen LogP contribution in [0.25, 0.3) is 22.0 Å². The number of hydrogen-bond acceptors (Lipinski definition) is 4. The zero-order valence-electron chi connectivity index (χ0n) is 20.1. The SMILES string of the molecule is CC(C)CC(c1ccc(C(=O)CCCC(=O)O)nc1)n1ncc2cc(-c3ccc(Cl)cc3Cl)ccc21. The summed E-state index contributed by atoms with van der Waals surface area (Å²) in [4.78, 5) is 27.5. The second-order valence-electron chi connectivity index (χ2n) is 9.28. The lowest BCUT2D eigenvalue weighted by Gasteiger charge is -2.21. The van der Waals surface area contributed by atoms with E-state index < -0.39 is 5.97 Å². The number of ketones is 1. The van der Waals surface area contributed by atoms with Crippen LogP contribution in [-0.2, 0) is 4.79 Å². The molecular weight excluding hydrogens is 497 g/mol. The maximum absolute atomic E-state index is 12.4. The van der Waals surface area contributed by atoms with Gasteiger partial charge >= 0.3 is 5.97 Å². The summed E-state index contributed by atoms with van der Waals surface area (Å²) in [5.74, 6) is -0.655. The Balaban J connectivity index is 1.62. The minimum Gasteiger partial charge on any atom is -0.481 e. The monoisotopic (exact) mass is 523 g/mol. The highest BCUT2D eigenvalue weighted by Crippen LogP contribution is 2.34. The summed E-state index contributed by atoms with van der Waals surface area (Å²) in [6, 6.07) is 15.2. The lowest BCUT2D eigenvalue weighted by Crippen LogP contribution is -2.15. The molecular formula is C28H27Cl2N3O3. The van der Waals surface area contributed by atoms with Gasteiger partial charge in [0.15, 0.2) is 5.78 Å². The van der Waals surface area contributed by atoms with E-state index in [1.807, 2.05) is 41.2 Å². The van der Waals surface area contributed by atoms with E-state index >= 15 is 0 Å². The Bertz CT molecular complexity index is 1400. The maximum atomic E-state index is 12.4. The van der Waals surface area contributed by atoms with Gasteiger partial charge in [-0.2, -0.15) is 5.10 Å². The molecule has 0 spiro atoms. The second-order valence-corrected chi connectivity index (χ2v) is 10.1. The molecule has 4 aromatic rings. The number of benzene rings is 2. The van der Waals surface area contributed by atoms with E-state index in [-0.39, 0.29) is 24.7 Å². The molecule has 6 nitrogen and oxygen atoms in total. The smallest absolute Gasteiger partial charge is 0.303 e. The van der Waals surface area contributed by atoms with Crippen molar-refractivity contribution >= 4 is 45.9 Å². The fourth-order valence-electron chi connectivity index (χ4n) is 4.31. The van der Waals surface area contributed by atoms with E-state index in [0.29, 0.717) is 28.1 Å². The molecule has 0 aliphatic carbocycles. The largest absolute Gasteiger partial charge is 0.481 e. The molecule has 186 valence electrons. The Kier molecular flexibility index (Phi) is 8.07. The molecule has 2 aromatic heterocycles. The molecule has 0 aliphatic heterocycles. The third kappa shape index (κ3) is 5.94. The lowest BCUT2D eigenvalue weighted by atomic mass is 9.97. The van der Waals surface area contributed by atoms with E-state index in [9.17, 15) is 9.59 Å². The molecule has 2 heterocycles. The van der Waals surface area contributed by atoms with Crippen molar-refractivity contribution in [3.63, 3.8) is 0 Å². The van der Waals surface area contributed by atoms with Crippen LogP contribution in [0.1, 0.15) is 61.6 Å². The van der Waals surface area contributed by atoms with Crippen LogP contribution in [0.15, 0.2) is 60.9 Å². The van der Waals surface area contributed by atoms with Gasteiger partial charge in [-0.1, -0.05) is 55.2 Å². The van der Waals surface area contributed by atoms with Gasteiger partial charge in [-0.15, -0.1) is 0 Å². The predicted molar refractivity (Wildman–Crippen MR) is 143 cm³/mol. The van der Waals surface area contributed by atoms with Gasteiger partial charge in [-0.05, 0) is 60.2 Å². The normalized spacial score (nSPS) is 12.2. The van der Waals surface area contributed by atoms with Gasteiger partial charge in [0, 0.05) is 40.0 Å². The van der Waals surface area contributed by atoms with Gasteiger partial charge in [-0.25, -0.2) is 0 Å². The Hall–Kier alpha value is -3.22. The molecule has 2 aromatic carbocycles. The van der Waals surface area contributed by atoms with Gasteiger partial charge in [0.1, 0.15) is 5.69 Å². The van der Waals surface area contributed by atoms with Crippen molar-refractivity contribution in [3.8, 4) is 11.1 Å². The van der Waals surface area contributed by atoms with Gasteiger partial charge in [0.05, 0.1) is 17.8 Å². The molecule has 1 N–H and O–H groups in total. The Labute approximate surface area is 219 Å². The first-order chi connectivity index (χ1) is 17.2. The lowest BCUT2D eigenvalue weighted by molar-refractivity contribution is -0.137. The summed E-state index contributed by atoms with van der Waals surface area (Å²) in [5, 5.41) is 15.7. The average Bonchev–Trinajstić information content (AvgIpc) is 3.25. The molecule has 1 unspecified atom stereocenters. The van der Waals surface area contributed by atoms with Crippen LogP contribution in [0.3, 0.4) is 0 Å². The first-order valence-electron chi connectivity index (χ1n) is 11.9. The molecule has 0 saturated carbocycles. The minimum atomic E-state index is -0.905. The number of hydrogen-bond donors (Lipinski definition) is 1. The van der Waals surface area contributed by atoms with Gasteiger partial charge in [0.25, 0.3) is 0 Å². The van der Waals surface area contributed by atoms with Crippen LogP contribution >= 0.6 is 23.2 Å². The summed E-state index contributed by atoms with van der Waals surface area (Å²) < 4.78 is 2.01. The number of nitrogens with zero attached hydrogens (tertiary/aromatic N) is 3. The van der Waals surface area contributed by atoms with E-state index in [1.54, 1.807) is 18.3 Å². The molecule has 4 rings (SSSR count). The topological polar surface area (TPSA) is 85.1 Å². The van der Waals surface area contributed by atoms with Crippen LogP contribution in [0.2, 0.25) is 10.0 Å². The summed E-state index contributed by atoms with van der Waals surface area (Å²) >= 11 is 12.5. The number of carboxylic acid groups (broad SMARTS) is 1. The highest BCUT2D eigenvalue weighted by atomic mass is 35.5. The van der Waals surface area contributed by atoms with Gasteiger partial charge < -0.3 is 5.11 Å². The third-order valence-electron chi connectivity index (χ3n) is 6.08. The zero-order chi connectivity index (χ0) is 25.8. The fourth-order valence-corrected chi connectivity index (χ4v) is 4.83. The molecule has 0 radical (unpaired) electrons. The van der Waals surface area contributed by atoms with Gasteiger partial charge in [-0.3, -0.25) is 19.3 Å². The molecule has 0 bridgehead atoms. The van der Waals surface area contributed by atoms with Crippen molar-refractivity contribution in [2.45, 2.75) is 45.6 Å². The molecule has 0 fully saturated rings. The standard InChI is InChI=1S/C28H27Cl2N3O3/c1-17(2)12-26(19-6-10-24(31-15-19)27(34)4-3-5-28(35)36)33-25-11-7-18(13-20(25)16-32-33)22-9-8-21(29)14-23(22)30/h6-11,13-17,26H,3-5,12H2,1-2H3,(H,35,36). The number of aliphatic carboxylic acids is 1. The van der Waals surface area contributed by atoms with Crippen LogP contribution in [0, 0.1) is 5.92 Å². The number of halogens is 2. The van der Waals surface area contributed by atoms with Crippen LogP contribution in [-0.4, -0.2) is 31.6 Å². The fraction of sp³-hybridized carbons (Fsp3) is 0.286. The van der Waals surface area contributed by atoms with Crippen molar-refractivity contribution < 1.29 is 14.7 Å². The number of pyridine rings is 1. The number of carbonyl (C=O) groups excluding carboxylic acids is 1. The molecule has 0 amide bonds. The molecule has 0 saturated heterocycles. The third-order valence-corrected chi connectivity index (χ3v) is 6.63. The van der Waals surface area contributed by atoms with E-state index in [2.05, 4.69) is 24.9 Å². The van der Waals surface area contributed by atoms with Crippen molar-refractivity contribution in [3.05, 3.63) is 82.2 Å². The first kappa shape index (κ1) is 25.9. The van der Waals surface area contributed by atoms with Crippen molar-refractivity contribution in [2.24, 2.45) is 5.92 Å². The number of carboxylic acids is 1. The predicted octanol–water partition coefficient (Wildman–Crippen LogP) is 7.48. The number of aromatic nitrogens is 3. The number of Topliss-reactive ketones (excluding diaryl/α,β-unsaturated/α-hetero) is 1. The van der Waals surface area contributed by atoms with Crippen molar-refractivity contribution in [1.82, 2.24) is 14.8 Å². The zero-order valence-corrected chi connectivity index (χ0v) is 21.6. The van der Waals surface area contributed by atoms with E-state index in [0.717, 1.165) is 34.0 Å². The number of rotatable bonds is 10. The molecule has 0 aliphatic rings. The second kappa shape index (κ2) is 11.2.